The summed E-state index contributed by atoms with van der Waals surface area (Å²) in [6, 6.07) is 6.26. The number of nitrogens with zero attached hydrogens (tertiary/aromatic N) is 2. The molecule has 1 aliphatic rings. The van der Waals surface area contributed by atoms with Crippen LogP contribution in [0.1, 0.15) is 13.8 Å². The van der Waals surface area contributed by atoms with Crippen molar-refractivity contribution in [2.24, 2.45) is 10.7 Å². The summed E-state index contributed by atoms with van der Waals surface area (Å²) >= 11 is 12.0. The summed E-state index contributed by atoms with van der Waals surface area (Å²) in [6.45, 7) is 5.49. The Bertz CT molecular complexity index is 491. The van der Waals surface area contributed by atoms with E-state index in [1.165, 1.54) is 0 Å². The molecule has 0 amide bonds. The average molecular weight is 302 g/mol. The van der Waals surface area contributed by atoms with Crippen LogP contribution < -0.4 is 10.6 Å². The van der Waals surface area contributed by atoms with Gasteiger partial charge in [0.25, 0.3) is 6.02 Å². The van der Waals surface area contributed by atoms with Crippen LogP contribution in [0.4, 0.5) is 5.69 Å². The molecule has 1 heterocycles. The predicted octanol–water partition coefficient (Wildman–Crippen LogP) is 2.92. The van der Waals surface area contributed by atoms with E-state index in [1.54, 1.807) is 6.07 Å². The third-order valence-corrected chi connectivity index (χ3v) is 3.74. The molecule has 0 saturated heterocycles. The van der Waals surface area contributed by atoms with E-state index in [1.807, 2.05) is 12.1 Å². The van der Waals surface area contributed by atoms with E-state index in [-0.39, 0.29) is 12.1 Å². The van der Waals surface area contributed by atoms with E-state index < -0.39 is 0 Å². The topological polar surface area (TPSA) is 50.9 Å². The summed E-state index contributed by atoms with van der Waals surface area (Å²) in [5.41, 5.74) is 6.55. The minimum Gasteiger partial charge on any atom is -0.463 e. The second kappa shape index (κ2) is 5.88. The Kier molecular flexibility index (Phi) is 4.42. The number of rotatable bonds is 4. The smallest absolute Gasteiger partial charge is 0.282 e. The van der Waals surface area contributed by atoms with Gasteiger partial charge in [-0.15, -0.1) is 0 Å². The first-order valence-electron chi connectivity index (χ1n) is 6.15. The molecule has 0 aromatic heterocycles. The zero-order chi connectivity index (χ0) is 14.0. The fourth-order valence-electron chi connectivity index (χ4n) is 2.03. The molecule has 0 bridgehead atoms. The van der Waals surface area contributed by atoms with Gasteiger partial charge in [0, 0.05) is 18.3 Å². The second-order valence-electron chi connectivity index (χ2n) is 4.78. The molecule has 0 unspecified atom stereocenters. The van der Waals surface area contributed by atoms with Crippen LogP contribution in [0.3, 0.4) is 0 Å². The molecule has 1 aromatic carbocycles. The van der Waals surface area contributed by atoms with Crippen LogP contribution in [0, 0.1) is 0 Å². The third kappa shape index (κ3) is 3.45. The molecule has 2 N–H and O–H groups in total. The highest BCUT2D eigenvalue weighted by Crippen LogP contribution is 2.28. The molecule has 19 heavy (non-hydrogen) atoms. The van der Waals surface area contributed by atoms with Gasteiger partial charge in [-0.2, -0.15) is 0 Å². The maximum absolute atomic E-state index is 6.07. The summed E-state index contributed by atoms with van der Waals surface area (Å²) in [4.78, 5) is 6.45. The van der Waals surface area contributed by atoms with Gasteiger partial charge in [0.2, 0.25) is 0 Å². The van der Waals surface area contributed by atoms with Gasteiger partial charge in [-0.3, -0.25) is 0 Å². The number of aliphatic imine (C=N–C) groups is 1. The molecule has 0 aliphatic carbocycles. The Labute approximate surface area is 123 Å². The van der Waals surface area contributed by atoms with Gasteiger partial charge in [-0.05, 0) is 32.0 Å². The number of anilines is 1. The Morgan fingerprint density at radius 3 is 2.68 bits per heavy atom. The van der Waals surface area contributed by atoms with E-state index in [9.17, 15) is 0 Å². The van der Waals surface area contributed by atoms with Crippen molar-refractivity contribution < 1.29 is 4.74 Å². The fourth-order valence-corrected chi connectivity index (χ4v) is 2.33. The van der Waals surface area contributed by atoms with Crippen LogP contribution in [0.25, 0.3) is 0 Å². The number of halogens is 2. The molecule has 1 aliphatic heterocycles. The van der Waals surface area contributed by atoms with E-state index in [0.29, 0.717) is 22.7 Å². The molecule has 1 atom stereocenters. The molecular formula is C13H17Cl2N3O. The summed E-state index contributed by atoms with van der Waals surface area (Å²) in [5, 5.41) is 1.11. The maximum Gasteiger partial charge on any atom is 0.282 e. The van der Waals surface area contributed by atoms with Crippen molar-refractivity contribution in [2.45, 2.75) is 25.9 Å². The average Bonchev–Trinajstić information content (AvgIpc) is 2.75. The van der Waals surface area contributed by atoms with Gasteiger partial charge in [0.1, 0.15) is 12.6 Å². The monoisotopic (exact) mass is 301 g/mol. The molecular weight excluding hydrogens is 285 g/mol. The van der Waals surface area contributed by atoms with Crippen LogP contribution in [0.15, 0.2) is 23.2 Å². The lowest BCUT2D eigenvalue weighted by Gasteiger charge is -2.30. The maximum atomic E-state index is 6.07. The minimum absolute atomic E-state index is 0.0526. The highest BCUT2D eigenvalue weighted by atomic mass is 35.5. The van der Waals surface area contributed by atoms with Crippen molar-refractivity contribution in [3.8, 4) is 0 Å². The molecule has 6 heteroatoms. The Balaban J connectivity index is 2.17. The number of nitrogens with two attached hydrogens (primary N) is 1. The minimum atomic E-state index is 0.0526. The quantitative estimate of drug-likeness (QED) is 0.930. The van der Waals surface area contributed by atoms with Crippen molar-refractivity contribution >= 4 is 34.9 Å². The second-order valence-corrected chi connectivity index (χ2v) is 5.59. The van der Waals surface area contributed by atoms with Crippen LogP contribution in [0.5, 0.6) is 0 Å². The van der Waals surface area contributed by atoms with Gasteiger partial charge >= 0.3 is 0 Å². The van der Waals surface area contributed by atoms with Crippen LogP contribution in [0.2, 0.25) is 10.0 Å². The first-order valence-corrected chi connectivity index (χ1v) is 6.90. The molecule has 0 saturated carbocycles. The third-order valence-electron chi connectivity index (χ3n) is 3.00. The Morgan fingerprint density at radius 1 is 1.42 bits per heavy atom. The van der Waals surface area contributed by atoms with Crippen molar-refractivity contribution in [2.75, 3.05) is 18.1 Å². The van der Waals surface area contributed by atoms with Crippen molar-refractivity contribution in [1.29, 1.82) is 0 Å². The van der Waals surface area contributed by atoms with Crippen LogP contribution in [-0.4, -0.2) is 31.3 Å². The first kappa shape index (κ1) is 14.3. The van der Waals surface area contributed by atoms with E-state index in [0.717, 1.165) is 12.2 Å². The van der Waals surface area contributed by atoms with Gasteiger partial charge < -0.3 is 15.4 Å². The molecule has 0 radical (unpaired) electrons. The fraction of sp³-hybridized carbons (Fsp3) is 0.462. The van der Waals surface area contributed by atoms with E-state index in [4.69, 9.17) is 33.7 Å². The molecule has 0 spiro atoms. The largest absolute Gasteiger partial charge is 0.463 e. The summed E-state index contributed by atoms with van der Waals surface area (Å²) in [7, 11) is 0. The zero-order valence-corrected chi connectivity index (χ0v) is 12.4. The SMILES string of the molecule is CC(C)N(C[C@H]1COC(N)=N1)c1ccc(Cl)c(Cl)c1. The van der Waals surface area contributed by atoms with Gasteiger partial charge in [-0.1, -0.05) is 23.2 Å². The summed E-state index contributed by atoms with van der Waals surface area (Å²) < 4.78 is 5.18. The number of ether oxygens (including phenoxy) is 1. The lowest BCUT2D eigenvalue weighted by molar-refractivity contribution is 0.312. The van der Waals surface area contributed by atoms with Gasteiger partial charge in [0.05, 0.1) is 10.0 Å². The van der Waals surface area contributed by atoms with Crippen molar-refractivity contribution in [1.82, 2.24) is 0 Å². The highest BCUT2D eigenvalue weighted by molar-refractivity contribution is 6.42. The van der Waals surface area contributed by atoms with Crippen molar-refractivity contribution in [3.63, 3.8) is 0 Å². The molecule has 104 valence electrons. The number of amidine groups is 1. The summed E-state index contributed by atoms with van der Waals surface area (Å²) in [6.07, 6.45) is 0. The van der Waals surface area contributed by atoms with E-state index in [2.05, 4.69) is 23.7 Å². The molecule has 0 fully saturated rings. The van der Waals surface area contributed by atoms with E-state index >= 15 is 0 Å². The standard InChI is InChI=1S/C13H17Cl2N3O/c1-8(2)18(6-9-7-19-13(16)17-9)10-3-4-11(14)12(15)5-10/h3-5,8-9H,6-7H2,1-2H3,(H2,16,17)/t9-/m0/s1. The summed E-state index contributed by atoms with van der Waals surface area (Å²) in [5.74, 6) is 0. The van der Waals surface area contributed by atoms with Crippen molar-refractivity contribution in [3.05, 3.63) is 28.2 Å². The highest BCUT2D eigenvalue weighted by Gasteiger charge is 2.22. The number of hydrogen-bond acceptors (Lipinski definition) is 4. The normalized spacial score (nSPS) is 18.4. The Hall–Kier alpha value is -1.13. The Morgan fingerprint density at radius 2 is 2.16 bits per heavy atom. The van der Waals surface area contributed by atoms with Crippen LogP contribution in [-0.2, 0) is 4.74 Å². The predicted molar refractivity (Wildman–Crippen MR) is 80.3 cm³/mol. The number of benzene rings is 1. The van der Waals surface area contributed by atoms with Crippen LogP contribution >= 0.6 is 23.2 Å². The lowest BCUT2D eigenvalue weighted by Crippen LogP contribution is -2.37. The first-order chi connectivity index (χ1) is 8.97. The molecule has 4 nitrogen and oxygen atoms in total. The number of hydrogen-bond donors (Lipinski definition) is 1. The van der Waals surface area contributed by atoms with Gasteiger partial charge in [-0.25, -0.2) is 4.99 Å². The lowest BCUT2D eigenvalue weighted by atomic mass is 10.2. The zero-order valence-electron chi connectivity index (χ0n) is 10.9. The molecule has 2 rings (SSSR count). The molecule has 1 aromatic rings. The van der Waals surface area contributed by atoms with Gasteiger partial charge in [0.15, 0.2) is 0 Å².